The quantitative estimate of drug-likeness (QED) is 0.434. The van der Waals surface area contributed by atoms with Gasteiger partial charge in [-0.25, -0.2) is 9.97 Å². The summed E-state index contributed by atoms with van der Waals surface area (Å²) >= 11 is 1.17. The van der Waals surface area contributed by atoms with Gasteiger partial charge in [-0.2, -0.15) is 20.6 Å². The number of aromatic amines is 2. The van der Waals surface area contributed by atoms with E-state index in [2.05, 4.69) is 66.0 Å². The van der Waals surface area contributed by atoms with Gasteiger partial charge < -0.3 is 4.52 Å². The Morgan fingerprint density at radius 2 is 1.88 bits per heavy atom. The van der Waals surface area contributed by atoms with Crippen molar-refractivity contribution < 1.29 is 4.52 Å². The van der Waals surface area contributed by atoms with Crippen LogP contribution in [0.4, 0.5) is 0 Å². The van der Waals surface area contributed by atoms with Crippen molar-refractivity contribution in [3.63, 3.8) is 0 Å². The van der Waals surface area contributed by atoms with Crippen molar-refractivity contribution in [2.75, 3.05) is 0 Å². The molecular weight excluding hydrogens is 362 g/mol. The molecule has 126 valence electrons. The maximum Gasteiger partial charge on any atom is 0.218 e. The standard InChI is InChI=1S/C11H5N13OS/c1-4(15-20-14-1)7-6(11-18-21-22-19-11)8(13-3-12-7)9-10(25-23-17-9)5-2-26-24-16-5/h1-3H,(H,14,15,20)(H,18,19,21,22). The van der Waals surface area contributed by atoms with E-state index >= 15 is 0 Å². The minimum atomic E-state index is 0.254. The van der Waals surface area contributed by atoms with Gasteiger partial charge in [0.05, 0.1) is 11.8 Å². The van der Waals surface area contributed by atoms with Crippen molar-refractivity contribution in [2.24, 2.45) is 0 Å². The summed E-state index contributed by atoms with van der Waals surface area (Å²) in [5.74, 6) is 0.567. The highest BCUT2D eigenvalue weighted by Crippen LogP contribution is 2.37. The fraction of sp³-hybridized carbons (Fsp3) is 0. The number of tetrazole rings is 1. The summed E-state index contributed by atoms with van der Waals surface area (Å²) in [6.07, 6.45) is 2.88. The molecule has 5 heterocycles. The van der Waals surface area contributed by atoms with E-state index in [1.165, 1.54) is 24.1 Å². The Morgan fingerprint density at radius 3 is 2.65 bits per heavy atom. The predicted octanol–water partition coefficient (Wildman–Crippen LogP) is 0.0103. The molecule has 0 atom stereocenters. The van der Waals surface area contributed by atoms with Crippen LogP contribution in [0.5, 0.6) is 0 Å². The smallest absolute Gasteiger partial charge is 0.218 e. The molecule has 0 aliphatic carbocycles. The number of hydrogen-bond donors (Lipinski definition) is 2. The van der Waals surface area contributed by atoms with E-state index in [9.17, 15) is 0 Å². The molecule has 0 saturated carbocycles. The second kappa shape index (κ2) is 5.81. The minimum Gasteiger partial charge on any atom is -0.334 e. The number of H-pyrrole nitrogens is 2. The third-order valence-corrected chi connectivity index (χ3v) is 3.88. The van der Waals surface area contributed by atoms with Crippen molar-refractivity contribution in [2.45, 2.75) is 0 Å². The second-order valence-electron chi connectivity index (χ2n) is 4.78. The molecule has 15 heteroatoms. The van der Waals surface area contributed by atoms with Gasteiger partial charge in [0.1, 0.15) is 29.1 Å². The van der Waals surface area contributed by atoms with Gasteiger partial charge in [0.15, 0.2) is 5.69 Å². The van der Waals surface area contributed by atoms with Crippen molar-refractivity contribution in [3.8, 4) is 45.6 Å². The summed E-state index contributed by atoms with van der Waals surface area (Å²) in [6.45, 7) is 0. The van der Waals surface area contributed by atoms with E-state index < -0.39 is 0 Å². The van der Waals surface area contributed by atoms with Crippen molar-refractivity contribution in [1.82, 2.24) is 66.0 Å². The van der Waals surface area contributed by atoms with Crippen LogP contribution in [0.15, 0.2) is 22.4 Å². The molecule has 5 aromatic heterocycles. The largest absolute Gasteiger partial charge is 0.334 e. The summed E-state index contributed by atoms with van der Waals surface area (Å²) < 4.78 is 9.08. The van der Waals surface area contributed by atoms with E-state index in [1.54, 1.807) is 5.38 Å². The maximum atomic E-state index is 5.25. The highest BCUT2D eigenvalue weighted by atomic mass is 32.1. The lowest BCUT2D eigenvalue weighted by Crippen LogP contribution is -1.99. The lowest BCUT2D eigenvalue weighted by molar-refractivity contribution is 0.402. The first-order valence-corrected chi connectivity index (χ1v) is 7.80. The summed E-state index contributed by atoms with van der Waals surface area (Å²) in [4.78, 5) is 8.60. The Balaban J connectivity index is 1.79. The lowest BCUT2D eigenvalue weighted by Gasteiger charge is -2.06. The molecule has 14 nitrogen and oxygen atoms in total. The summed E-state index contributed by atoms with van der Waals surface area (Å²) in [6, 6.07) is 0. The van der Waals surface area contributed by atoms with Crippen LogP contribution in [0.3, 0.4) is 0 Å². The van der Waals surface area contributed by atoms with E-state index in [0.29, 0.717) is 39.8 Å². The van der Waals surface area contributed by atoms with E-state index in [-0.39, 0.29) is 5.82 Å². The van der Waals surface area contributed by atoms with Crippen LogP contribution in [0.2, 0.25) is 0 Å². The fourth-order valence-corrected chi connectivity index (χ4v) is 2.77. The van der Waals surface area contributed by atoms with Crippen LogP contribution in [0, 0.1) is 0 Å². The molecule has 5 rings (SSSR count). The van der Waals surface area contributed by atoms with Crippen LogP contribution in [0.25, 0.3) is 45.6 Å². The zero-order valence-corrected chi connectivity index (χ0v) is 13.3. The summed E-state index contributed by atoms with van der Waals surface area (Å²) in [5, 5.41) is 37.8. The molecule has 0 saturated heterocycles. The van der Waals surface area contributed by atoms with Crippen LogP contribution in [-0.2, 0) is 0 Å². The molecule has 5 aromatic rings. The first-order valence-electron chi connectivity index (χ1n) is 6.97. The number of rotatable bonds is 4. The Morgan fingerprint density at radius 1 is 0.923 bits per heavy atom. The van der Waals surface area contributed by atoms with Gasteiger partial charge in [-0.15, -0.1) is 20.4 Å². The molecule has 0 spiro atoms. The average molecular weight is 367 g/mol. The number of aromatic nitrogens is 13. The Labute approximate surface area is 146 Å². The van der Waals surface area contributed by atoms with E-state index in [0.717, 1.165) is 0 Å². The van der Waals surface area contributed by atoms with Gasteiger partial charge in [0, 0.05) is 10.7 Å². The number of hydrogen-bond acceptors (Lipinski definition) is 13. The van der Waals surface area contributed by atoms with Crippen LogP contribution in [0.1, 0.15) is 0 Å². The van der Waals surface area contributed by atoms with Gasteiger partial charge in [-0.1, -0.05) is 4.49 Å². The number of nitrogens with one attached hydrogen (secondary N) is 2. The normalized spacial score (nSPS) is 11.1. The third-order valence-electron chi connectivity index (χ3n) is 3.38. The molecule has 0 aromatic carbocycles. The zero-order chi connectivity index (χ0) is 17.3. The monoisotopic (exact) mass is 367 g/mol. The van der Waals surface area contributed by atoms with Gasteiger partial charge in [0.2, 0.25) is 11.6 Å². The topological polar surface area (TPSA) is 187 Å². The molecule has 0 aliphatic rings. The molecule has 0 amide bonds. The molecule has 0 bridgehead atoms. The molecule has 2 N–H and O–H groups in total. The Kier molecular flexibility index (Phi) is 3.21. The summed E-state index contributed by atoms with van der Waals surface area (Å²) in [5.41, 5.74) is 2.55. The Bertz CT molecular complexity index is 1130. The molecule has 26 heavy (non-hydrogen) atoms. The lowest BCUT2D eigenvalue weighted by atomic mass is 10.0. The van der Waals surface area contributed by atoms with Crippen LogP contribution in [-0.4, -0.2) is 66.0 Å². The van der Waals surface area contributed by atoms with Crippen LogP contribution < -0.4 is 0 Å². The van der Waals surface area contributed by atoms with Crippen molar-refractivity contribution in [3.05, 3.63) is 17.9 Å². The first kappa shape index (κ1) is 14.3. The third kappa shape index (κ3) is 2.22. The van der Waals surface area contributed by atoms with E-state index in [4.69, 9.17) is 4.52 Å². The molecule has 0 radical (unpaired) electrons. The highest BCUT2D eigenvalue weighted by Gasteiger charge is 2.27. The number of nitrogens with zero attached hydrogens (tertiary/aromatic N) is 11. The zero-order valence-electron chi connectivity index (χ0n) is 12.5. The van der Waals surface area contributed by atoms with Gasteiger partial charge in [0.25, 0.3) is 0 Å². The fourth-order valence-electron chi connectivity index (χ4n) is 2.33. The average Bonchev–Trinajstić information content (AvgIpc) is 3.49. The first-order chi connectivity index (χ1) is 12.9. The molecule has 0 fully saturated rings. The summed E-state index contributed by atoms with van der Waals surface area (Å²) in [7, 11) is 0. The van der Waals surface area contributed by atoms with E-state index in [1.807, 2.05) is 0 Å². The molecular formula is C11H5N13OS. The Hall–Kier alpha value is -4.01. The van der Waals surface area contributed by atoms with Crippen molar-refractivity contribution >= 4 is 11.5 Å². The van der Waals surface area contributed by atoms with Gasteiger partial charge in [-0.3, -0.25) is 0 Å². The molecule has 0 aliphatic heterocycles. The highest BCUT2D eigenvalue weighted by molar-refractivity contribution is 7.03. The SMILES string of the molecule is c1nc(-c2cn[nH]n2)c(-c2nn[nH]n2)c(-c2nnoc2-c2csnn2)n1. The van der Waals surface area contributed by atoms with Crippen LogP contribution >= 0.6 is 11.5 Å². The predicted molar refractivity (Wildman–Crippen MR) is 82.8 cm³/mol. The van der Waals surface area contributed by atoms with Crippen molar-refractivity contribution in [1.29, 1.82) is 0 Å². The maximum absolute atomic E-state index is 5.25. The second-order valence-corrected chi connectivity index (χ2v) is 5.39. The van der Waals surface area contributed by atoms with Gasteiger partial charge in [-0.05, 0) is 16.7 Å². The molecule has 0 unspecified atom stereocenters. The minimum absolute atomic E-state index is 0.254. The van der Waals surface area contributed by atoms with Gasteiger partial charge >= 0.3 is 0 Å².